The van der Waals surface area contributed by atoms with Crippen molar-refractivity contribution in [2.75, 3.05) is 32.9 Å². The summed E-state index contributed by atoms with van der Waals surface area (Å²) in [6, 6.07) is 6.34. The van der Waals surface area contributed by atoms with E-state index in [0.717, 1.165) is 5.56 Å². The van der Waals surface area contributed by atoms with Gasteiger partial charge < -0.3 is 19.7 Å². The molecule has 2 heterocycles. The normalized spacial score (nSPS) is 19.2. The summed E-state index contributed by atoms with van der Waals surface area (Å²) in [5, 5.41) is 4.54. The molecular weight excluding hydrogens is 314 g/mol. The van der Waals surface area contributed by atoms with Crippen LogP contribution in [-0.4, -0.2) is 55.7 Å². The second-order valence-corrected chi connectivity index (χ2v) is 5.32. The number of benzene rings is 1. The molecule has 3 rings (SSSR count). The largest absolute Gasteiger partial charge is 0.484 e. The zero-order valence-corrected chi connectivity index (χ0v) is 12.9. The fraction of sp³-hybridized carbons (Fsp3) is 0.312. The highest BCUT2D eigenvalue weighted by molar-refractivity contribution is 6.13. The van der Waals surface area contributed by atoms with Crippen molar-refractivity contribution in [3.05, 3.63) is 35.5 Å². The van der Waals surface area contributed by atoms with Crippen LogP contribution in [0.4, 0.5) is 4.79 Å². The van der Waals surface area contributed by atoms with Gasteiger partial charge in [-0.1, -0.05) is 12.1 Å². The van der Waals surface area contributed by atoms with Gasteiger partial charge in [-0.3, -0.25) is 14.9 Å². The maximum atomic E-state index is 12.0. The van der Waals surface area contributed by atoms with Crippen LogP contribution in [0.1, 0.15) is 5.56 Å². The number of nitrogens with zero attached hydrogens (tertiary/aromatic N) is 1. The number of imide groups is 1. The quantitative estimate of drug-likeness (QED) is 0.603. The van der Waals surface area contributed by atoms with Gasteiger partial charge in [-0.25, -0.2) is 4.79 Å². The number of hydrogen-bond donors (Lipinski definition) is 2. The molecule has 2 aliphatic rings. The molecule has 0 bridgehead atoms. The van der Waals surface area contributed by atoms with Crippen LogP contribution in [0.15, 0.2) is 30.0 Å². The van der Waals surface area contributed by atoms with Crippen LogP contribution in [0.5, 0.6) is 5.75 Å². The molecule has 0 aromatic heterocycles. The van der Waals surface area contributed by atoms with Gasteiger partial charge in [0, 0.05) is 13.1 Å². The minimum Gasteiger partial charge on any atom is -0.484 e. The third-order valence-corrected chi connectivity index (χ3v) is 3.64. The molecule has 126 valence electrons. The lowest BCUT2D eigenvalue weighted by molar-refractivity contribution is -0.137. The van der Waals surface area contributed by atoms with Gasteiger partial charge in [0.15, 0.2) is 6.61 Å². The summed E-state index contributed by atoms with van der Waals surface area (Å²) in [6.45, 7) is 2.25. The third kappa shape index (κ3) is 3.90. The number of nitrogens with one attached hydrogen (secondary N) is 2. The summed E-state index contributed by atoms with van der Waals surface area (Å²) in [7, 11) is 0. The van der Waals surface area contributed by atoms with E-state index in [2.05, 4.69) is 10.6 Å². The van der Waals surface area contributed by atoms with Crippen LogP contribution in [0.2, 0.25) is 0 Å². The fourth-order valence-electron chi connectivity index (χ4n) is 2.36. The second kappa shape index (κ2) is 7.14. The number of morpholine rings is 1. The van der Waals surface area contributed by atoms with Crippen LogP contribution in [-0.2, 0) is 14.3 Å². The molecule has 0 saturated carbocycles. The van der Waals surface area contributed by atoms with Gasteiger partial charge in [0.25, 0.3) is 11.8 Å². The van der Waals surface area contributed by atoms with Crippen molar-refractivity contribution in [2.45, 2.75) is 0 Å². The first-order valence-corrected chi connectivity index (χ1v) is 7.54. The lowest BCUT2D eigenvalue weighted by atomic mass is 10.2. The van der Waals surface area contributed by atoms with E-state index in [-0.39, 0.29) is 18.2 Å². The Balaban J connectivity index is 1.55. The molecule has 2 N–H and O–H groups in total. The first kappa shape index (κ1) is 16.0. The van der Waals surface area contributed by atoms with Crippen molar-refractivity contribution in [1.29, 1.82) is 0 Å². The molecule has 4 amide bonds. The van der Waals surface area contributed by atoms with Crippen LogP contribution in [0, 0.1) is 0 Å². The molecule has 0 unspecified atom stereocenters. The molecule has 1 aromatic rings. The number of carbonyl (C=O) groups is 3. The SMILES string of the molecule is O=C1NC(=O)/C(=C/c2ccc(OCC(=O)N3CCOCC3)cc2)N1. The lowest BCUT2D eigenvalue weighted by Crippen LogP contribution is -2.42. The predicted molar refractivity (Wildman–Crippen MR) is 84.0 cm³/mol. The first-order chi connectivity index (χ1) is 11.6. The predicted octanol–water partition coefficient (Wildman–Crippen LogP) is 0.104. The van der Waals surface area contributed by atoms with Crippen LogP contribution < -0.4 is 15.4 Å². The van der Waals surface area contributed by atoms with E-state index in [0.29, 0.717) is 32.1 Å². The van der Waals surface area contributed by atoms with Crippen molar-refractivity contribution in [1.82, 2.24) is 15.5 Å². The summed E-state index contributed by atoms with van der Waals surface area (Å²) in [5.74, 6) is 0.0185. The van der Waals surface area contributed by atoms with E-state index < -0.39 is 11.9 Å². The smallest absolute Gasteiger partial charge is 0.326 e. The number of urea groups is 1. The average molecular weight is 331 g/mol. The van der Waals surface area contributed by atoms with Crippen LogP contribution >= 0.6 is 0 Å². The average Bonchev–Trinajstić information content (AvgIpc) is 2.92. The van der Waals surface area contributed by atoms with Crippen LogP contribution in [0.3, 0.4) is 0 Å². The van der Waals surface area contributed by atoms with E-state index in [1.165, 1.54) is 0 Å². The molecule has 0 aliphatic carbocycles. The number of hydrogen-bond acceptors (Lipinski definition) is 5. The van der Waals surface area contributed by atoms with Gasteiger partial charge in [0.1, 0.15) is 11.4 Å². The molecule has 24 heavy (non-hydrogen) atoms. The summed E-state index contributed by atoms with van der Waals surface area (Å²) in [4.78, 5) is 36.2. The summed E-state index contributed by atoms with van der Waals surface area (Å²) in [5.41, 5.74) is 0.922. The van der Waals surface area contributed by atoms with Crippen molar-refractivity contribution in [2.24, 2.45) is 0 Å². The number of amides is 4. The van der Waals surface area contributed by atoms with Gasteiger partial charge in [0.05, 0.1) is 13.2 Å². The first-order valence-electron chi connectivity index (χ1n) is 7.54. The maximum Gasteiger partial charge on any atom is 0.326 e. The Hall–Kier alpha value is -2.87. The highest BCUT2D eigenvalue weighted by Crippen LogP contribution is 2.15. The molecule has 0 atom stereocenters. The van der Waals surface area contributed by atoms with Crippen molar-refractivity contribution < 1.29 is 23.9 Å². The van der Waals surface area contributed by atoms with Crippen molar-refractivity contribution in [3.8, 4) is 5.75 Å². The Morgan fingerprint density at radius 3 is 2.50 bits per heavy atom. The standard InChI is InChI=1S/C16H17N3O5/c20-14(19-5-7-23-8-6-19)10-24-12-3-1-11(2-4-12)9-13-15(21)18-16(22)17-13/h1-4,9H,5-8,10H2,(H2,17,18,21,22)/b13-9-. The Kier molecular flexibility index (Phi) is 4.76. The molecule has 0 radical (unpaired) electrons. The highest BCUT2D eigenvalue weighted by atomic mass is 16.5. The maximum absolute atomic E-state index is 12.0. The highest BCUT2D eigenvalue weighted by Gasteiger charge is 2.22. The Bertz CT molecular complexity index is 677. The monoisotopic (exact) mass is 331 g/mol. The Morgan fingerprint density at radius 1 is 1.17 bits per heavy atom. The minimum absolute atomic E-state index is 0.0289. The minimum atomic E-state index is -0.534. The number of ether oxygens (including phenoxy) is 2. The number of carbonyl (C=O) groups excluding carboxylic acids is 3. The van der Waals surface area contributed by atoms with Gasteiger partial charge in [0.2, 0.25) is 0 Å². The summed E-state index contributed by atoms with van der Waals surface area (Å²) < 4.78 is 10.7. The molecular formula is C16H17N3O5. The van der Waals surface area contributed by atoms with Gasteiger partial charge in [-0.05, 0) is 23.8 Å². The van der Waals surface area contributed by atoms with Gasteiger partial charge >= 0.3 is 6.03 Å². The molecule has 8 heteroatoms. The topological polar surface area (TPSA) is 97.0 Å². The Morgan fingerprint density at radius 2 is 1.88 bits per heavy atom. The summed E-state index contributed by atoms with van der Waals surface area (Å²) in [6.07, 6.45) is 1.56. The van der Waals surface area contributed by atoms with E-state index in [4.69, 9.17) is 9.47 Å². The molecule has 2 aliphatic heterocycles. The van der Waals surface area contributed by atoms with E-state index in [1.807, 2.05) is 0 Å². The van der Waals surface area contributed by atoms with Gasteiger partial charge in [-0.2, -0.15) is 0 Å². The van der Waals surface area contributed by atoms with E-state index in [1.54, 1.807) is 35.2 Å². The molecule has 0 spiro atoms. The van der Waals surface area contributed by atoms with E-state index >= 15 is 0 Å². The Labute approximate surface area is 138 Å². The molecule has 2 fully saturated rings. The van der Waals surface area contributed by atoms with E-state index in [9.17, 15) is 14.4 Å². The second-order valence-electron chi connectivity index (χ2n) is 5.32. The third-order valence-electron chi connectivity index (χ3n) is 3.64. The van der Waals surface area contributed by atoms with Gasteiger partial charge in [-0.15, -0.1) is 0 Å². The number of rotatable bonds is 4. The molecule has 2 saturated heterocycles. The molecule has 8 nitrogen and oxygen atoms in total. The summed E-state index contributed by atoms with van der Waals surface area (Å²) >= 11 is 0. The van der Waals surface area contributed by atoms with Crippen molar-refractivity contribution >= 4 is 23.9 Å². The lowest BCUT2D eigenvalue weighted by Gasteiger charge is -2.26. The molecule has 1 aromatic carbocycles. The fourth-order valence-corrected chi connectivity index (χ4v) is 2.36. The van der Waals surface area contributed by atoms with Crippen LogP contribution in [0.25, 0.3) is 6.08 Å². The van der Waals surface area contributed by atoms with Crippen molar-refractivity contribution in [3.63, 3.8) is 0 Å². The zero-order chi connectivity index (χ0) is 16.9. The zero-order valence-electron chi connectivity index (χ0n) is 12.9.